The van der Waals surface area contributed by atoms with Crippen molar-refractivity contribution in [3.63, 3.8) is 0 Å². The van der Waals surface area contributed by atoms with Crippen molar-refractivity contribution in [2.24, 2.45) is 11.7 Å². The van der Waals surface area contributed by atoms with Gasteiger partial charge in [0.1, 0.15) is 0 Å². The summed E-state index contributed by atoms with van der Waals surface area (Å²) in [6.45, 7) is 7.86. The van der Waals surface area contributed by atoms with Crippen LogP contribution in [0.15, 0.2) is 12.1 Å². The first-order chi connectivity index (χ1) is 9.35. The maximum Gasteiger partial charge on any atom is 0.243 e. The molecule has 0 spiro atoms. The highest BCUT2D eigenvalue weighted by Crippen LogP contribution is 2.21. The third kappa shape index (κ3) is 4.35. The molecule has 1 unspecified atom stereocenters. The number of amides is 2. The molecule has 0 radical (unpaired) electrons. The average molecular weight is 277 g/mol. The number of nitrogens with two attached hydrogens (primary N) is 1. The minimum Gasteiger partial charge on any atom is -0.347 e. The molecule has 2 amide bonds. The van der Waals surface area contributed by atoms with E-state index in [0.717, 1.165) is 22.4 Å². The minimum atomic E-state index is -0.286. The zero-order valence-electron chi connectivity index (χ0n) is 12.5. The highest BCUT2D eigenvalue weighted by atomic mass is 16.2. The molecule has 20 heavy (non-hydrogen) atoms. The SMILES string of the molecule is Cc1cc(C)c(NC(=O)CNC(=O)C(C)CN)c(C)c1. The number of aryl methyl sites for hydroxylation is 3. The number of hydrogen-bond donors (Lipinski definition) is 3. The standard InChI is InChI=1S/C15H23N3O2/c1-9-5-10(2)14(11(3)6-9)18-13(19)8-17-15(20)12(4)7-16/h5-6,12H,7-8,16H2,1-4H3,(H,17,20)(H,18,19). The van der Waals surface area contributed by atoms with Crippen molar-refractivity contribution in [3.05, 3.63) is 28.8 Å². The van der Waals surface area contributed by atoms with Crippen LogP contribution >= 0.6 is 0 Å². The summed E-state index contributed by atoms with van der Waals surface area (Å²) >= 11 is 0. The molecular weight excluding hydrogens is 254 g/mol. The molecule has 0 saturated heterocycles. The Morgan fingerprint density at radius 1 is 1.20 bits per heavy atom. The lowest BCUT2D eigenvalue weighted by atomic mass is 10.1. The van der Waals surface area contributed by atoms with Gasteiger partial charge in [-0.2, -0.15) is 0 Å². The molecule has 1 atom stereocenters. The van der Waals surface area contributed by atoms with Crippen LogP contribution < -0.4 is 16.4 Å². The molecule has 0 saturated carbocycles. The van der Waals surface area contributed by atoms with Crippen molar-refractivity contribution in [2.75, 3.05) is 18.4 Å². The first-order valence-electron chi connectivity index (χ1n) is 6.70. The predicted octanol–water partition coefficient (Wildman–Crippen LogP) is 1.26. The predicted molar refractivity (Wildman–Crippen MR) is 80.5 cm³/mol. The second-order valence-electron chi connectivity index (χ2n) is 5.18. The molecule has 1 aromatic rings. The number of carbonyl (C=O) groups is 2. The van der Waals surface area contributed by atoms with Gasteiger partial charge in [-0.1, -0.05) is 24.6 Å². The van der Waals surface area contributed by atoms with Gasteiger partial charge < -0.3 is 16.4 Å². The van der Waals surface area contributed by atoms with E-state index in [4.69, 9.17) is 5.73 Å². The van der Waals surface area contributed by atoms with E-state index in [2.05, 4.69) is 10.6 Å². The van der Waals surface area contributed by atoms with Crippen LogP contribution in [-0.2, 0) is 9.59 Å². The zero-order valence-corrected chi connectivity index (χ0v) is 12.5. The minimum absolute atomic E-state index is 0.0457. The summed E-state index contributed by atoms with van der Waals surface area (Å²) in [5, 5.41) is 5.41. The molecule has 0 aliphatic heterocycles. The Morgan fingerprint density at radius 2 is 1.75 bits per heavy atom. The molecule has 0 bridgehead atoms. The summed E-state index contributed by atoms with van der Waals surface area (Å²) in [5.41, 5.74) is 9.38. The zero-order chi connectivity index (χ0) is 15.3. The van der Waals surface area contributed by atoms with Crippen LogP contribution in [0.5, 0.6) is 0 Å². The fourth-order valence-electron chi connectivity index (χ4n) is 2.01. The average Bonchev–Trinajstić information content (AvgIpc) is 2.39. The van der Waals surface area contributed by atoms with Gasteiger partial charge in [-0.15, -0.1) is 0 Å². The number of nitrogens with one attached hydrogen (secondary N) is 2. The largest absolute Gasteiger partial charge is 0.347 e. The summed E-state index contributed by atoms with van der Waals surface area (Å²) in [4.78, 5) is 23.4. The molecule has 5 heteroatoms. The highest BCUT2D eigenvalue weighted by Gasteiger charge is 2.13. The normalized spacial score (nSPS) is 11.8. The lowest BCUT2D eigenvalue weighted by Crippen LogP contribution is -2.38. The van der Waals surface area contributed by atoms with Gasteiger partial charge in [0, 0.05) is 18.2 Å². The van der Waals surface area contributed by atoms with Crippen molar-refractivity contribution in [2.45, 2.75) is 27.7 Å². The Balaban J connectivity index is 2.62. The Bertz CT molecular complexity index is 489. The highest BCUT2D eigenvalue weighted by molar-refractivity contribution is 5.96. The van der Waals surface area contributed by atoms with Crippen molar-refractivity contribution >= 4 is 17.5 Å². The first-order valence-corrected chi connectivity index (χ1v) is 6.70. The maximum absolute atomic E-state index is 11.9. The van der Waals surface area contributed by atoms with Gasteiger partial charge in [-0.05, 0) is 31.9 Å². The maximum atomic E-state index is 11.9. The molecule has 1 aromatic carbocycles. The van der Waals surface area contributed by atoms with Gasteiger partial charge in [-0.25, -0.2) is 0 Å². The summed E-state index contributed by atoms with van der Waals surface area (Å²) in [5.74, 6) is -0.733. The fraction of sp³-hybridized carbons (Fsp3) is 0.467. The Morgan fingerprint density at radius 3 is 2.25 bits per heavy atom. The molecule has 0 aliphatic rings. The van der Waals surface area contributed by atoms with Gasteiger partial charge >= 0.3 is 0 Å². The summed E-state index contributed by atoms with van der Waals surface area (Å²) in [6, 6.07) is 4.02. The topological polar surface area (TPSA) is 84.2 Å². The van der Waals surface area contributed by atoms with Crippen molar-refractivity contribution < 1.29 is 9.59 Å². The molecule has 0 fully saturated rings. The van der Waals surface area contributed by atoms with Crippen molar-refractivity contribution in [1.29, 1.82) is 0 Å². The van der Waals surface area contributed by atoms with E-state index < -0.39 is 0 Å². The second kappa shape index (κ2) is 7.05. The molecule has 110 valence electrons. The lowest BCUT2D eigenvalue weighted by molar-refractivity contribution is -0.126. The summed E-state index contributed by atoms with van der Waals surface area (Å²) < 4.78 is 0. The molecule has 0 aromatic heterocycles. The van der Waals surface area contributed by atoms with Crippen LogP contribution in [0.2, 0.25) is 0 Å². The van der Waals surface area contributed by atoms with E-state index in [0.29, 0.717) is 0 Å². The van der Waals surface area contributed by atoms with Crippen LogP contribution in [0.1, 0.15) is 23.6 Å². The van der Waals surface area contributed by atoms with Crippen LogP contribution in [-0.4, -0.2) is 24.9 Å². The summed E-state index contributed by atoms with van der Waals surface area (Å²) in [7, 11) is 0. The van der Waals surface area contributed by atoms with E-state index in [1.54, 1.807) is 6.92 Å². The number of hydrogen-bond acceptors (Lipinski definition) is 3. The Labute approximate surface area is 119 Å². The smallest absolute Gasteiger partial charge is 0.243 e. The third-order valence-corrected chi connectivity index (χ3v) is 3.17. The van der Waals surface area contributed by atoms with Gasteiger partial charge in [-0.3, -0.25) is 9.59 Å². The number of benzene rings is 1. The van der Waals surface area contributed by atoms with Crippen LogP contribution in [0.3, 0.4) is 0 Å². The fourth-order valence-corrected chi connectivity index (χ4v) is 2.01. The number of rotatable bonds is 5. The number of anilines is 1. The van der Waals surface area contributed by atoms with Gasteiger partial charge in [0.05, 0.1) is 6.54 Å². The van der Waals surface area contributed by atoms with Crippen molar-refractivity contribution in [1.82, 2.24) is 5.32 Å². The van der Waals surface area contributed by atoms with Crippen molar-refractivity contribution in [3.8, 4) is 0 Å². The molecule has 5 nitrogen and oxygen atoms in total. The quantitative estimate of drug-likeness (QED) is 0.757. The summed E-state index contributed by atoms with van der Waals surface area (Å²) in [6.07, 6.45) is 0. The third-order valence-electron chi connectivity index (χ3n) is 3.17. The molecular formula is C15H23N3O2. The second-order valence-corrected chi connectivity index (χ2v) is 5.18. The Hall–Kier alpha value is -1.88. The number of carbonyl (C=O) groups excluding carboxylic acids is 2. The van der Waals surface area contributed by atoms with E-state index in [-0.39, 0.29) is 30.8 Å². The van der Waals surface area contributed by atoms with E-state index in [9.17, 15) is 9.59 Å². The van der Waals surface area contributed by atoms with E-state index in [1.165, 1.54) is 0 Å². The van der Waals surface area contributed by atoms with Gasteiger partial charge in [0.25, 0.3) is 0 Å². The molecule has 1 rings (SSSR count). The lowest BCUT2D eigenvalue weighted by Gasteiger charge is -2.14. The van der Waals surface area contributed by atoms with Crippen LogP contribution in [0.25, 0.3) is 0 Å². The van der Waals surface area contributed by atoms with Gasteiger partial charge in [0.15, 0.2) is 0 Å². The van der Waals surface area contributed by atoms with E-state index >= 15 is 0 Å². The first kappa shape index (κ1) is 16.2. The van der Waals surface area contributed by atoms with Crippen LogP contribution in [0, 0.1) is 26.7 Å². The van der Waals surface area contributed by atoms with Crippen LogP contribution in [0.4, 0.5) is 5.69 Å². The van der Waals surface area contributed by atoms with E-state index in [1.807, 2.05) is 32.9 Å². The molecule has 0 heterocycles. The van der Waals surface area contributed by atoms with Gasteiger partial charge in [0.2, 0.25) is 11.8 Å². The monoisotopic (exact) mass is 277 g/mol. The molecule has 0 aliphatic carbocycles. The Kier molecular flexibility index (Phi) is 5.70. The molecule has 4 N–H and O–H groups in total.